The SMILES string of the molecule is COc1cc(OC)c2cc(C)c3c(c2c1)OC(c1ccccc1)(c1ccc(N2CCOCC2)cc1)C=C3. The van der Waals surface area contributed by atoms with Crippen molar-refractivity contribution < 1.29 is 18.9 Å². The third-order valence-corrected chi connectivity index (χ3v) is 7.47. The lowest BCUT2D eigenvalue weighted by molar-refractivity contribution is 0.122. The second kappa shape index (κ2) is 9.49. The quantitative estimate of drug-likeness (QED) is 0.324. The molecule has 0 spiro atoms. The molecule has 1 fully saturated rings. The molecular formula is C32H31NO4. The summed E-state index contributed by atoms with van der Waals surface area (Å²) >= 11 is 0. The second-order valence-corrected chi connectivity index (χ2v) is 9.54. The number of methoxy groups -OCH3 is 2. The van der Waals surface area contributed by atoms with Gasteiger partial charge in [0.2, 0.25) is 0 Å². The van der Waals surface area contributed by atoms with Crippen LogP contribution in [0.25, 0.3) is 16.8 Å². The topological polar surface area (TPSA) is 40.2 Å². The lowest BCUT2D eigenvalue weighted by Crippen LogP contribution is -2.36. The third-order valence-electron chi connectivity index (χ3n) is 7.47. The number of aryl methyl sites for hydroxylation is 1. The van der Waals surface area contributed by atoms with Crippen LogP contribution in [0.15, 0.2) is 78.9 Å². The average molecular weight is 494 g/mol. The molecular weight excluding hydrogens is 462 g/mol. The minimum atomic E-state index is -0.783. The predicted molar refractivity (Wildman–Crippen MR) is 148 cm³/mol. The van der Waals surface area contributed by atoms with Crippen molar-refractivity contribution in [1.82, 2.24) is 0 Å². The molecule has 4 aromatic rings. The maximum absolute atomic E-state index is 7.14. The van der Waals surface area contributed by atoms with Crippen molar-refractivity contribution in [3.63, 3.8) is 0 Å². The van der Waals surface area contributed by atoms with E-state index >= 15 is 0 Å². The molecule has 0 aliphatic carbocycles. The van der Waals surface area contributed by atoms with E-state index in [1.165, 1.54) is 5.69 Å². The highest BCUT2D eigenvalue weighted by atomic mass is 16.5. The zero-order valence-corrected chi connectivity index (χ0v) is 21.5. The Labute approximate surface area is 217 Å². The lowest BCUT2D eigenvalue weighted by atomic mass is 9.82. The number of rotatable bonds is 5. The summed E-state index contributed by atoms with van der Waals surface area (Å²) in [7, 11) is 3.36. The van der Waals surface area contributed by atoms with Crippen molar-refractivity contribution in [3.05, 3.63) is 101 Å². The number of hydrogen-bond acceptors (Lipinski definition) is 5. The maximum Gasteiger partial charge on any atom is 0.178 e. The van der Waals surface area contributed by atoms with Gasteiger partial charge in [-0.25, -0.2) is 0 Å². The van der Waals surface area contributed by atoms with E-state index in [0.717, 1.165) is 76.6 Å². The number of hydrogen-bond donors (Lipinski definition) is 0. The van der Waals surface area contributed by atoms with E-state index in [4.69, 9.17) is 18.9 Å². The molecule has 37 heavy (non-hydrogen) atoms. The van der Waals surface area contributed by atoms with Crippen LogP contribution in [0, 0.1) is 6.92 Å². The molecule has 0 bridgehead atoms. The highest BCUT2D eigenvalue weighted by Crippen LogP contribution is 2.48. The van der Waals surface area contributed by atoms with E-state index in [9.17, 15) is 0 Å². The van der Waals surface area contributed by atoms with Crippen molar-refractivity contribution in [2.75, 3.05) is 45.4 Å². The molecule has 2 heterocycles. The molecule has 1 unspecified atom stereocenters. The van der Waals surface area contributed by atoms with E-state index in [-0.39, 0.29) is 0 Å². The molecule has 2 aliphatic heterocycles. The minimum absolute atomic E-state index is 0.730. The summed E-state index contributed by atoms with van der Waals surface area (Å²) in [5.74, 6) is 2.32. The lowest BCUT2D eigenvalue weighted by Gasteiger charge is -2.37. The number of fused-ring (bicyclic) bond motifs is 3. The largest absolute Gasteiger partial charge is 0.497 e. The zero-order chi connectivity index (χ0) is 25.4. The smallest absolute Gasteiger partial charge is 0.178 e. The molecule has 0 amide bonds. The Hall–Kier alpha value is -3.96. The molecule has 5 heteroatoms. The van der Waals surface area contributed by atoms with Gasteiger partial charge in [0, 0.05) is 52.3 Å². The van der Waals surface area contributed by atoms with Crippen LogP contribution in [-0.2, 0) is 10.3 Å². The maximum atomic E-state index is 7.14. The van der Waals surface area contributed by atoms with Crippen LogP contribution in [0.4, 0.5) is 5.69 Å². The van der Waals surface area contributed by atoms with Gasteiger partial charge in [-0.05, 0) is 42.8 Å². The standard InChI is InChI=1S/C32H31NO4/c1-22-19-28-29(20-26(34-2)21-30(28)35-3)31-27(22)13-14-32(37-31,23-7-5-4-6-8-23)24-9-11-25(12-10-24)33-15-17-36-18-16-33/h4-14,19-21H,15-18H2,1-3H3. The number of ether oxygens (including phenoxy) is 4. The highest BCUT2D eigenvalue weighted by Gasteiger charge is 2.38. The van der Waals surface area contributed by atoms with Gasteiger partial charge in [0.25, 0.3) is 0 Å². The molecule has 188 valence electrons. The third kappa shape index (κ3) is 4.00. The molecule has 5 nitrogen and oxygen atoms in total. The highest BCUT2D eigenvalue weighted by molar-refractivity contribution is 5.98. The van der Waals surface area contributed by atoms with Gasteiger partial charge in [-0.2, -0.15) is 0 Å². The summed E-state index contributed by atoms with van der Waals surface area (Å²) in [6.45, 7) is 5.45. The van der Waals surface area contributed by atoms with E-state index in [1.807, 2.05) is 18.2 Å². The fraction of sp³-hybridized carbons (Fsp3) is 0.250. The van der Waals surface area contributed by atoms with Gasteiger partial charge < -0.3 is 23.8 Å². The summed E-state index contributed by atoms with van der Waals surface area (Å²) in [5, 5.41) is 1.96. The Bertz CT molecular complexity index is 1460. The van der Waals surface area contributed by atoms with Gasteiger partial charge in [-0.1, -0.05) is 48.5 Å². The second-order valence-electron chi connectivity index (χ2n) is 9.54. The van der Waals surface area contributed by atoms with Gasteiger partial charge in [-0.3, -0.25) is 0 Å². The van der Waals surface area contributed by atoms with Crippen LogP contribution in [0.5, 0.6) is 17.2 Å². The van der Waals surface area contributed by atoms with Crippen LogP contribution >= 0.6 is 0 Å². The minimum Gasteiger partial charge on any atom is -0.497 e. The first-order valence-corrected chi connectivity index (χ1v) is 12.7. The summed E-state index contributed by atoms with van der Waals surface area (Å²) in [5.41, 5.74) is 4.76. The van der Waals surface area contributed by atoms with Gasteiger partial charge in [0.15, 0.2) is 5.60 Å². The van der Waals surface area contributed by atoms with Crippen molar-refractivity contribution in [3.8, 4) is 17.2 Å². The van der Waals surface area contributed by atoms with Crippen molar-refractivity contribution >= 4 is 22.5 Å². The van der Waals surface area contributed by atoms with E-state index in [0.29, 0.717) is 0 Å². The Balaban J connectivity index is 1.53. The number of nitrogens with zero attached hydrogens (tertiary/aromatic N) is 1. The Kier molecular flexibility index (Phi) is 6.01. The average Bonchev–Trinajstić information content (AvgIpc) is 2.97. The van der Waals surface area contributed by atoms with Gasteiger partial charge in [0.05, 0.1) is 27.4 Å². The normalized spacial score (nSPS) is 18.8. The van der Waals surface area contributed by atoms with Gasteiger partial charge >= 0.3 is 0 Å². The Morgan fingerprint density at radius 3 is 2.24 bits per heavy atom. The van der Waals surface area contributed by atoms with Crippen molar-refractivity contribution in [2.24, 2.45) is 0 Å². The Morgan fingerprint density at radius 1 is 0.811 bits per heavy atom. The molecule has 6 rings (SSSR count). The van der Waals surface area contributed by atoms with Crippen LogP contribution in [0.2, 0.25) is 0 Å². The summed E-state index contributed by atoms with van der Waals surface area (Å²) in [6, 6.07) is 25.3. The molecule has 1 saturated heterocycles. The van der Waals surface area contributed by atoms with Crippen LogP contribution in [0.3, 0.4) is 0 Å². The van der Waals surface area contributed by atoms with E-state index in [1.54, 1.807) is 14.2 Å². The monoisotopic (exact) mass is 493 g/mol. The van der Waals surface area contributed by atoms with Crippen molar-refractivity contribution in [1.29, 1.82) is 0 Å². The fourth-order valence-electron chi connectivity index (χ4n) is 5.46. The van der Waals surface area contributed by atoms with Crippen LogP contribution in [0.1, 0.15) is 22.3 Å². The first-order valence-electron chi connectivity index (χ1n) is 12.7. The molecule has 4 aromatic carbocycles. The number of anilines is 1. The first kappa shape index (κ1) is 23.4. The summed E-state index contributed by atoms with van der Waals surface area (Å²) in [6.07, 6.45) is 4.38. The molecule has 1 atom stereocenters. The van der Waals surface area contributed by atoms with E-state index < -0.39 is 5.60 Å². The Morgan fingerprint density at radius 2 is 1.54 bits per heavy atom. The molecule has 0 saturated carbocycles. The van der Waals surface area contributed by atoms with Crippen LogP contribution < -0.4 is 19.1 Å². The molecule has 2 aliphatic rings. The van der Waals surface area contributed by atoms with Gasteiger partial charge in [0.1, 0.15) is 17.2 Å². The van der Waals surface area contributed by atoms with E-state index in [2.05, 4.69) is 78.6 Å². The summed E-state index contributed by atoms with van der Waals surface area (Å²) < 4.78 is 24.0. The number of morpholine rings is 1. The molecule has 0 aromatic heterocycles. The molecule has 0 N–H and O–H groups in total. The number of benzene rings is 4. The molecule has 0 radical (unpaired) electrons. The van der Waals surface area contributed by atoms with Gasteiger partial charge in [-0.15, -0.1) is 0 Å². The van der Waals surface area contributed by atoms with Crippen LogP contribution in [-0.4, -0.2) is 40.5 Å². The predicted octanol–water partition coefficient (Wildman–Crippen LogP) is 6.35. The van der Waals surface area contributed by atoms with Crippen molar-refractivity contribution in [2.45, 2.75) is 12.5 Å². The fourth-order valence-corrected chi connectivity index (χ4v) is 5.46. The zero-order valence-electron chi connectivity index (χ0n) is 21.5. The summed E-state index contributed by atoms with van der Waals surface area (Å²) in [4.78, 5) is 2.37. The first-order chi connectivity index (χ1) is 18.1.